The van der Waals surface area contributed by atoms with Gasteiger partial charge in [0.05, 0.1) is 0 Å². The van der Waals surface area contributed by atoms with Gasteiger partial charge in [-0.1, -0.05) is 0 Å². The predicted molar refractivity (Wildman–Crippen MR) is 84.3 cm³/mol. The smallest absolute Gasteiger partial charge is 0.387 e. The lowest BCUT2D eigenvalue weighted by molar-refractivity contribution is -0.137. The summed E-state index contributed by atoms with van der Waals surface area (Å²) < 4.78 is 40.1. The van der Waals surface area contributed by atoms with Crippen LogP contribution >= 0.6 is 12.4 Å². The molecule has 0 aromatic heterocycles. The summed E-state index contributed by atoms with van der Waals surface area (Å²) in [6, 6.07) is 3.04. The molecule has 0 bridgehead atoms. The zero-order valence-electron chi connectivity index (χ0n) is 13.2. The fourth-order valence-electron chi connectivity index (χ4n) is 2.32. The number of fused-ring (bicyclic) bond motifs is 1. The molecule has 1 heterocycles. The summed E-state index contributed by atoms with van der Waals surface area (Å²) in [7, 11) is 1.83. The molecule has 2 rings (SSSR count). The molecule has 0 spiro atoms. The summed E-state index contributed by atoms with van der Waals surface area (Å²) in [6.07, 6.45) is 1.40. The van der Waals surface area contributed by atoms with Gasteiger partial charge in [-0.3, -0.25) is 4.79 Å². The molecule has 1 aromatic rings. The number of ether oxygens (including phenoxy) is 3. The summed E-state index contributed by atoms with van der Waals surface area (Å²) in [5.74, 6) is 0.118. The SMILES string of the molecule is CN(CCCCC(=O)O)Cc1cc2c(cc1OC(F)F)OCO2.Cl. The molecule has 24 heavy (non-hydrogen) atoms. The van der Waals surface area contributed by atoms with E-state index in [0.29, 0.717) is 43.0 Å². The van der Waals surface area contributed by atoms with E-state index in [0.717, 1.165) is 0 Å². The van der Waals surface area contributed by atoms with Gasteiger partial charge in [-0.05, 0) is 32.5 Å². The highest BCUT2D eigenvalue weighted by Crippen LogP contribution is 2.39. The van der Waals surface area contributed by atoms with E-state index in [1.54, 1.807) is 6.07 Å². The second-order valence-corrected chi connectivity index (χ2v) is 5.28. The average molecular weight is 368 g/mol. The standard InChI is InChI=1S/C15H19F2NO5.ClH/c1-18(5-3-2-4-14(19)20)8-10-6-12-13(22-9-21-12)7-11(10)23-15(16)17;/h6-7,15H,2-5,8-9H2,1H3,(H,19,20);1H. The Morgan fingerprint density at radius 2 is 2.00 bits per heavy atom. The zero-order valence-corrected chi connectivity index (χ0v) is 14.0. The summed E-state index contributed by atoms with van der Waals surface area (Å²) in [4.78, 5) is 12.4. The molecule has 136 valence electrons. The zero-order chi connectivity index (χ0) is 16.8. The molecule has 1 N–H and O–H groups in total. The van der Waals surface area contributed by atoms with E-state index in [4.69, 9.17) is 14.6 Å². The Morgan fingerprint density at radius 3 is 2.62 bits per heavy atom. The molecule has 0 saturated heterocycles. The van der Waals surface area contributed by atoms with Crippen LogP contribution in [0.25, 0.3) is 0 Å². The van der Waals surface area contributed by atoms with Crippen molar-refractivity contribution < 1.29 is 32.9 Å². The van der Waals surface area contributed by atoms with Gasteiger partial charge in [0, 0.05) is 24.6 Å². The third-order valence-electron chi connectivity index (χ3n) is 3.39. The molecule has 0 amide bonds. The lowest BCUT2D eigenvalue weighted by Gasteiger charge is -2.19. The van der Waals surface area contributed by atoms with Crippen molar-refractivity contribution in [2.75, 3.05) is 20.4 Å². The number of aliphatic carboxylic acids is 1. The summed E-state index contributed by atoms with van der Waals surface area (Å²) in [6.45, 7) is -1.84. The van der Waals surface area contributed by atoms with Crippen LogP contribution < -0.4 is 14.2 Å². The van der Waals surface area contributed by atoms with Gasteiger partial charge in [0.25, 0.3) is 0 Å². The van der Waals surface area contributed by atoms with Gasteiger partial charge >= 0.3 is 12.6 Å². The minimum Gasteiger partial charge on any atom is -0.481 e. The van der Waals surface area contributed by atoms with Crippen molar-refractivity contribution in [3.63, 3.8) is 0 Å². The number of unbranched alkanes of at least 4 members (excludes halogenated alkanes) is 1. The molecule has 0 radical (unpaired) electrons. The second kappa shape index (κ2) is 9.48. The van der Waals surface area contributed by atoms with E-state index >= 15 is 0 Å². The minimum atomic E-state index is -2.92. The maximum absolute atomic E-state index is 12.6. The number of carboxylic acids is 1. The molecule has 1 aromatic carbocycles. The van der Waals surface area contributed by atoms with Crippen molar-refractivity contribution in [2.24, 2.45) is 0 Å². The second-order valence-electron chi connectivity index (χ2n) is 5.28. The van der Waals surface area contributed by atoms with E-state index in [1.807, 2.05) is 11.9 Å². The van der Waals surface area contributed by atoms with Crippen molar-refractivity contribution in [1.29, 1.82) is 0 Å². The largest absolute Gasteiger partial charge is 0.481 e. The monoisotopic (exact) mass is 367 g/mol. The topological polar surface area (TPSA) is 68.2 Å². The molecule has 0 fully saturated rings. The molecular weight excluding hydrogens is 348 g/mol. The van der Waals surface area contributed by atoms with Crippen LogP contribution in [-0.2, 0) is 11.3 Å². The molecule has 0 unspecified atom stereocenters. The van der Waals surface area contributed by atoms with Crippen LogP contribution in [0.15, 0.2) is 12.1 Å². The molecule has 1 aliphatic rings. The third-order valence-corrected chi connectivity index (χ3v) is 3.39. The number of nitrogens with zero attached hydrogens (tertiary/aromatic N) is 1. The van der Waals surface area contributed by atoms with Crippen molar-refractivity contribution in [3.05, 3.63) is 17.7 Å². The number of hydrogen-bond acceptors (Lipinski definition) is 5. The van der Waals surface area contributed by atoms with Gasteiger partial charge in [0.15, 0.2) is 11.5 Å². The van der Waals surface area contributed by atoms with E-state index in [-0.39, 0.29) is 31.4 Å². The number of carbonyl (C=O) groups is 1. The van der Waals surface area contributed by atoms with Crippen molar-refractivity contribution in [3.8, 4) is 17.2 Å². The molecule has 1 aliphatic heterocycles. The third kappa shape index (κ3) is 6.01. The number of halogens is 3. The Labute approximate surface area is 144 Å². The number of alkyl halides is 2. The Hall–Kier alpha value is -1.80. The van der Waals surface area contributed by atoms with Gasteiger partial charge in [-0.25, -0.2) is 0 Å². The molecule has 6 nitrogen and oxygen atoms in total. The van der Waals surface area contributed by atoms with Gasteiger partial charge in [0.1, 0.15) is 5.75 Å². The van der Waals surface area contributed by atoms with Crippen LogP contribution in [0.4, 0.5) is 8.78 Å². The van der Waals surface area contributed by atoms with Crippen LogP contribution in [0.3, 0.4) is 0 Å². The molecule has 0 aliphatic carbocycles. The first-order valence-corrected chi connectivity index (χ1v) is 7.23. The molecule has 0 atom stereocenters. The van der Waals surface area contributed by atoms with Gasteiger partial charge in [0.2, 0.25) is 6.79 Å². The summed E-state index contributed by atoms with van der Waals surface area (Å²) in [5.41, 5.74) is 0.565. The molecule has 9 heteroatoms. The normalized spacial score (nSPS) is 12.4. The van der Waals surface area contributed by atoms with E-state index < -0.39 is 12.6 Å². The van der Waals surface area contributed by atoms with Crippen LogP contribution in [0.5, 0.6) is 17.2 Å². The van der Waals surface area contributed by atoms with Crippen LogP contribution in [0.1, 0.15) is 24.8 Å². The Bertz CT molecular complexity index is 559. The maximum Gasteiger partial charge on any atom is 0.387 e. The lowest BCUT2D eigenvalue weighted by Crippen LogP contribution is -2.20. The fourth-order valence-corrected chi connectivity index (χ4v) is 2.32. The van der Waals surface area contributed by atoms with Crippen LogP contribution in [0, 0.1) is 0 Å². The Morgan fingerprint density at radius 1 is 1.33 bits per heavy atom. The van der Waals surface area contributed by atoms with Crippen LogP contribution in [0.2, 0.25) is 0 Å². The highest BCUT2D eigenvalue weighted by Gasteiger charge is 2.20. The van der Waals surface area contributed by atoms with Crippen molar-refractivity contribution >= 4 is 18.4 Å². The average Bonchev–Trinajstić information content (AvgIpc) is 2.90. The molecule has 0 saturated carbocycles. The number of hydrogen-bond donors (Lipinski definition) is 1. The fraction of sp³-hybridized carbons (Fsp3) is 0.533. The Kier molecular flexibility index (Phi) is 8.00. The maximum atomic E-state index is 12.6. The molecular formula is C15H20ClF2NO5. The Balaban J connectivity index is 0.00000288. The first-order chi connectivity index (χ1) is 11.0. The first kappa shape index (κ1) is 20.2. The highest BCUT2D eigenvalue weighted by atomic mass is 35.5. The van der Waals surface area contributed by atoms with E-state index in [1.165, 1.54) is 6.07 Å². The number of benzene rings is 1. The summed E-state index contributed by atoms with van der Waals surface area (Å²) in [5, 5.41) is 8.60. The number of rotatable bonds is 9. The van der Waals surface area contributed by atoms with Gasteiger partial charge < -0.3 is 24.2 Å². The van der Waals surface area contributed by atoms with E-state index in [9.17, 15) is 13.6 Å². The number of carboxylic acid groups (broad SMARTS) is 1. The predicted octanol–water partition coefficient (Wildman–Crippen LogP) is 3.13. The minimum absolute atomic E-state index is 0. The van der Waals surface area contributed by atoms with Crippen LogP contribution in [-0.4, -0.2) is 43.0 Å². The van der Waals surface area contributed by atoms with Crippen molar-refractivity contribution in [1.82, 2.24) is 4.90 Å². The van der Waals surface area contributed by atoms with E-state index in [2.05, 4.69) is 4.74 Å². The quantitative estimate of drug-likeness (QED) is 0.676. The lowest BCUT2D eigenvalue weighted by atomic mass is 10.1. The van der Waals surface area contributed by atoms with Crippen molar-refractivity contribution in [2.45, 2.75) is 32.4 Å². The summed E-state index contributed by atoms with van der Waals surface area (Å²) >= 11 is 0. The van der Waals surface area contributed by atoms with Gasteiger partial charge in [-0.2, -0.15) is 8.78 Å². The first-order valence-electron chi connectivity index (χ1n) is 7.23. The highest BCUT2D eigenvalue weighted by molar-refractivity contribution is 5.85. The van der Waals surface area contributed by atoms with Gasteiger partial charge in [-0.15, -0.1) is 12.4 Å².